The maximum atomic E-state index is 5.96. The fraction of sp³-hybridized carbons (Fsp3) is 0.185. The lowest BCUT2D eigenvalue weighted by molar-refractivity contribution is 0.676. The molecule has 3 heteroatoms. The molecule has 0 amide bonds. The van der Waals surface area contributed by atoms with Crippen molar-refractivity contribution in [1.29, 1.82) is 0 Å². The molecule has 0 aromatic heterocycles. The Morgan fingerprint density at radius 2 is 1.30 bits per heavy atom. The molecule has 0 saturated carbocycles. The molecule has 0 fully saturated rings. The molecule has 154 valence electrons. The molecule has 30 heavy (non-hydrogen) atoms. The Balaban J connectivity index is 1.36. The van der Waals surface area contributed by atoms with Crippen LogP contribution in [0.3, 0.4) is 0 Å². The van der Waals surface area contributed by atoms with Crippen molar-refractivity contribution in [3.63, 3.8) is 0 Å². The van der Waals surface area contributed by atoms with Crippen molar-refractivity contribution in [3.8, 4) is 11.1 Å². The Bertz CT molecular complexity index is 976. The topological polar surface area (TPSA) is 50.1 Å². The van der Waals surface area contributed by atoms with Gasteiger partial charge in [0.25, 0.3) is 0 Å². The number of anilines is 3. The quantitative estimate of drug-likeness (QED) is 0.233. The Kier molecular flexibility index (Phi) is 7.73. The van der Waals surface area contributed by atoms with Crippen molar-refractivity contribution >= 4 is 17.1 Å². The number of allylic oxidation sites excluding steroid dienone is 2. The zero-order valence-electron chi connectivity index (χ0n) is 17.5. The van der Waals surface area contributed by atoms with E-state index < -0.39 is 0 Å². The lowest BCUT2D eigenvalue weighted by Crippen LogP contribution is -2.01. The lowest BCUT2D eigenvalue weighted by Gasteiger charge is -2.13. The SMILES string of the molecule is C=C(CCCCCC(=C)Nc1ccccc1N)Nc1cccc(-c2ccccc2)c1. The van der Waals surface area contributed by atoms with Gasteiger partial charge in [0.15, 0.2) is 0 Å². The van der Waals surface area contributed by atoms with E-state index >= 15 is 0 Å². The van der Waals surface area contributed by atoms with E-state index in [4.69, 9.17) is 5.73 Å². The van der Waals surface area contributed by atoms with E-state index in [0.29, 0.717) is 0 Å². The Hall–Kier alpha value is -3.46. The van der Waals surface area contributed by atoms with Crippen LogP contribution in [0.1, 0.15) is 32.1 Å². The summed E-state index contributed by atoms with van der Waals surface area (Å²) in [6, 6.07) is 26.7. The molecule has 3 rings (SSSR count). The summed E-state index contributed by atoms with van der Waals surface area (Å²) < 4.78 is 0. The minimum atomic E-state index is 0.748. The molecule has 0 heterocycles. The number of hydrogen-bond donors (Lipinski definition) is 3. The Morgan fingerprint density at radius 1 is 0.667 bits per heavy atom. The average Bonchev–Trinajstić information content (AvgIpc) is 2.76. The molecule has 0 unspecified atom stereocenters. The van der Waals surface area contributed by atoms with E-state index in [9.17, 15) is 0 Å². The maximum Gasteiger partial charge on any atom is 0.0615 e. The molecule has 0 aliphatic carbocycles. The van der Waals surface area contributed by atoms with Crippen LogP contribution in [0.5, 0.6) is 0 Å². The van der Waals surface area contributed by atoms with Crippen molar-refractivity contribution in [3.05, 3.63) is 103 Å². The first kappa shape index (κ1) is 21.3. The second-order valence-corrected chi connectivity index (χ2v) is 7.55. The van der Waals surface area contributed by atoms with Crippen molar-refractivity contribution in [2.75, 3.05) is 16.4 Å². The van der Waals surface area contributed by atoms with Gasteiger partial charge in [-0.25, -0.2) is 0 Å². The van der Waals surface area contributed by atoms with Gasteiger partial charge in [0.2, 0.25) is 0 Å². The smallest absolute Gasteiger partial charge is 0.0615 e. The highest BCUT2D eigenvalue weighted by atomic mass is 14.9. The van der Waals surface area contributed by atoms with Gasteiger partial charge in [0.05, 0.1) is 11.4 Å². The lowest BCUT2D eigenvalue weighted by atomic mass is 10.0. The third-order valence-corrected chi connectivity index (χ3v) is 5.02. The normalized spacial score (nSPS) is 10.4. The van der Waals surface area contributed by atoms with Crippen LogP contribution in [-0.2, 0) is 0 Å². The number of nitrogens with two attached hydrogens (primary N) is 1. The molecule has 0 atom stereocenters. The van der Waals surface area contributed by atoms with E-state index in [-0.39, 0.29) is 0 Å². The van der Waals surface area contributed by atoms with Crippen molar-refractivity contribution in [1.82, 2.24) is 0 Å². The van der Waals surface area contributed by atoms with E-state index in [1.807, 2.05) is 30.3 Å². The van der Waals surface area contributed by atoms with Crippen LogP contribution in [-0.4, -0.2) is 0 Å². The number of benzene rings is 3. The summed E-state index contributed by atoms with van der Waals surface area (Å²) in [6.45, 7) is 8.31. The van der Waals surface area contributed by atoms with Gasteiger partial charge < -0.3 is 16.4 Å². The largest absolute Gasteiger partial charge is 0.397 e. The number of para-hydroxylation sites is 2. The fourth-order valence-electron chi connectivity index (χ4n) is 3.39. The standard InChI is InChI=1S/C27H31N3/c1-21(29-25-17-11-16-24(20-25)23-14-7-4-8-15-23)12-5-3-6-13-22(2)30-27-19-10-9-18-26(27)28/h4,7-11,14-20,29-30H,1-3,5-6,12-13,28H2. The summed E-state index contributed by atoms with van der Waals surface area (Å²) >= 11 is 0. The minimum Gasteiger partial charge on any atom is -0.397 e. The summed E-state index contributed by atoms with van der Waals surface area (Å²) in [5, 5.41) is 6.76. The van der Waals surface area contributed by atoms with E-state index in [2.05, 4.69) is 72.3 Å². The zero-order valence-corrected chi connectivity index (χ0v) is 17.5. The summed E-state index contributed by atoms with van der Waals surface area (Å²) in [7, 11) is 0. The second kappa shape index (κ2) is 10.9. The summed E-state index contributed by atoms with van der Waals surface area (Å²) in [5.74, 6) is 0. The van der Waals surface area contributed by atoms with Crippen LogP contribution < -0.4 is 16.4 Å². The summed E-state index contributed by atoms with van der Waals surface area (Å²) in [6.07, 6.45) is 5.23. The first-order valence-electron chi connectivity index (χ1n) is 10.5. The van der Waals surface area contributed by atoms with E-state index in [1.165, 1.54) is 11.1 Å². The molecule has 0 bridgehead atoms. The fourth-order valence-corrected chi connectivity index (χ4v) is 3.39. The van der Waals surface area contributed by atoms with Gasteiger partial charge in [-0.1, -0.05) is 74.2 Å². The Labute approximate surface area is 180 Å². The highest BCUT2D eigenvalue weighted by Crippen LogP contribution is 2.24. The first-order chi connectivity index (χ1) is 14.6. The molecule has 0 aliphatic heterocycles. The predicted octanol–water partition coefficient (Wildman–Crippen LogP) is 7.44. The third kappa shape index (κ3) is 6.56. The molecule has 3 nitrogen and oxygen atoms in total. The monoisotopic (exact) mass is 397 g/mol. The molecule has 0 aliphatic rings. The van der Waals surface area contributed by atoms with Crippen molar-refractivity contribution in [2.45, 2.75) is 32.1 Å². The van der Waals surface area contributed by atoms with Crippen LogP contribution in [0.2, 0.25) is 0 Å². The molecular formula is C27H31N3. The molecule has 0 radical (unpaired) electrons. The van der Waals surface area contributed by atoms with E-state index in [1.54, 1.807) is 0 Å². The molecule has 3 aromatic carbocycles. The predicted molar refractivity (Wildman–Crippen MR) is 131 cm³/mol. The van der Waals surface area contributed by atoms with Crippen molar-refractivity contribution in [2.24, 2.45) is 0 Å². The van der Waals surface area contributed by atoms with E-state index in [0.717, 1.165) is 60.6 Å². The maximum absolute atomic E-state index is 5.96. The van der Waals surface area contributed by atoms with Crippen LogP contribution in [0.15, 0.2) is 103 Å². The van der Waals surface area contributed by atoms with Gasteiger partial charge in [0.1, 0.15) is 0 Å². The average molecular weight is 398 g/mol. The molecule has 4 N–H and O–H groups in total. The highest BCUT2D eigenvalue weighted by molar-refractivity contribution is 5.69. The first-order valence-corrected chi connectivity index (χ1v) is 10.5. The van der Waals surface area contributed by atoms with Crippen LogP contribution in [0.4, 0.5) is 17.1 Å². The van der Waals surface area contributed by atoms with Crippen LogP contribution >= 0.6 is 0 Å². The van der Waals surface area contributed by atoms with Gasteiger partial charge in [-0.05, 0) is 61.1 Å². The summed E-state index contributed by atoms with van der Waals surface area (Å²) in [4.78, 5) is 0. The van der Waals surface area contributed by atoms with Gasteiger partial charge in [-0.3, -0.25) is 0 Å². The van der Waals surface area contributed by atoms with Gasteiger partial charge in [0, 0.05) is 17.1 Å². The second-order valence-electron chi connectivity index (χ2n) is 7.55. The van der Waals surface area contributed by atoms with Gasteiger partial charge in [-0.15, -0.1) is 0 Å². The molecule has 0 saturated heterocycles. The number of nitrogens with one attached hydrogen (secondary N) is 2. The van der Waals surface area contributed by atoms with Gasteiger partial charge >= 0.3 is 0 Å². The highest BCUT2D eigenvalue weighted by Gasteiger charge is 2.02. The van der Waals surface area contributed by atoms with Crippen LogP contribution in [0, 0.1) is 0 Å². The minimum absolute atomic E-state index is 0.748. The van der Waals surface area contributed by atoms with Crippen molar-refractivity contribution < 1.29 is 0 Å². The Morgan fingerprint density at radius 3 is 2.03 bits per heavy atom. The molecular weight excluding hydrogens is 366 g/mol. The third-order valence-electron chi connectivity index (χ3n) is 5.02. The number of hydrogen-bond acceptors (Lipinski definition) is 3. The molecule has 0 spiro atoms. The number of nitrogen functional groups attached to an aromatic ring is 1. The zero-order chi connectivity index (χ0) is 21.2. The molecule has 3 aromatic rings. The number of unbranched alkanes of at least 4 members (excludes halogenated alkanes) is 2. The number of rotatable bonds is 11. The van der Waals surface area contributed by atoms with Gasteiger partial charge in [-0.2, -0.15) is 0 Å². The summed E-state index contributed by atoms with van der Waals surface area (Å²) in [5.41, 5.74) is 13.2. The van der Waals surface area contributed by atoms with Crippen LogP contribution in [0.25, 0.3) is 11.1 Å².